The van der Waals surface area contributed by atoms with E-state index in [2.05, 4.69) is 30.2 Å². The molecular weight excluding hydrogens is 236 g/mol. The Morgan fingerprint density at radius 3 is 2.53 bits per heavy atom. The zero-order valence-corrected chi connectivity index (χ0v) is 12.0. The van der Waals surface area contributed by atoms with Crippen LogP contribution in [0.4, 0.5) is 0 Å². The first-order valence-electron chi connectivity index (χ1n) is 6.92. The molecule has 0 saturated carbocycles. The molecule has 19 heavy (non-hydrogen) atoms. The lowest BCUT2D eigenvalue weighted by molar-refractivity contribution is 0.415. The molecule has 0 saturated heterocycles. The third-order valence-electron chi connectivity index (χ3n) is 3.35. The van der Waals surface area contributed by atoms with Gasteiger partial charge in [-0.3, -0.25) is 4.68 Å². The molecule has 0 aliphatic rings. The Morgan fingerprint density at radius 2 is 1.89 bits per heavy atom. The van der Waals surface area contributed by atoms with Gasteiger partial charge in [-0.1, -0.05) is 19.8 Å². The van der Waals surface area contributed by atoms with Gasteiger partial charge in [0.25, 0.3) is 0 Å². The van der Waals surface area contributed by atoms with Crippen LogP contribution < -0.4 is 4.74 Å². The average molecular weight is 258 g/mol. The molecule has 0 atom stereocenters. The van der Waals surface area contributed by atoms with Gasteiger partial charge in [-0.15, -0.1) is 0 Å². The van der Waals surface area contributed by atoms with Crippen molar-refractivity contribution in [2.75, 3.05) is 7.11 Å². The molecule has 102 valence electrons. The van der Waals surface area contributed by atoms with Gasteiger partial charge in [0.1, 0.15) is 5.75 Å². The second kappa shape index (κ2) is 6.41. The van der Waals surface area contributed by atoms with Crippen LogP contribution in [0.5, 0.6) is 5.75 Å². The molecule has 0 fully saturated rings. The molecule has 0 aliphatic heterocycles. The third kappa shape index (κ3) is 3.37. The predicted molar refractivity (Wildman–Crippen MR) is 78.4 cm³/mol. The minimum atomic E-state index is 0.883. The summed E-state index contributed by atoms with van der Waals surface area (Å²) in [5.41, 5.74) is 3.52. The van der Waals surface area contributed by atoms with Crippen molar-refractivity contribution in [3.8, 4) is 17.0 Å². The Bertz CT molecular complexity index is 514. The van der Waals surface area contributed by atoms with Gasteiger partial charge in [0, 0.05) is 12.6 Å². The quantitative estimate of drug-likeness (QED) is 0.736. The first-order valence-corrected chi connectivity index (χ1v) is 6.92. The summed E-state index contributed by atoms with van der Waals surface area (Å²) in [5, 5.41) is 4.59. The molecule has 1 aromatic heterocycles. The van der Waals surface area contributed by atoms with Crippen LogP contribution in [-0.4, -0.2) is 16.9 Å². The fourth-order valence-electron chi connectivity index (χ4n) is 2.24. The van der Waals surface area contributed by atoms with Gasteiger partial charge in [-0.2, -0.15) is 5.10 Å². The van der Waals surface area contributed by atoms with E-state index in [0.29, 0.717) is 0 Å². The number of nitrogens with zero attached hydrogens (tertiary/aromatic N) is 2. The lowest BCUT2D eigenvalue weighted by Crippen LogP contribution is -1.95. The maximum Gasteiger partial charge on any atom is 0.118 e. The van der Waals surface area contributed by atoms with E-state index in [1.165, 1.54) is 30.5 Å². The van der Waals surface area contributed by atoms with Gasteiger partial charge < -0.3 is 4.74 Å². The summed E-state index contributed by atoms with van der Waals surface area (Å²) in [5.74, 6) is 0.883. The van der Waals surface area contributed by atoms with E-state index < -0.39 is 0 Å². The van der Waals surface area contributed by atoms with E-state index in [1.807, 2.05) is 23.9 Å². The van der Waals surface area contributed by atoms with Crippen LogP contribution in [0.15, 0.2) is 30.3 Å². The summed E-state index contributed by atoms with van der Waals surface area (Å²) in [6.07, 6.45) is 4.81. The van der Waals surface area contributed by atoms with Crippen molar-refractivity contribution in [3.05, 3.63) is 36.0 Å². The second-order valence-corrected chi connectivity index (χ2v) is 4.83. The molecule has 0 N–H and O–H groups in total. The van der Waals surface area contributed by atoms with Crippen molar-refractivity contribution in [1.29, 1.82) is 0 Å². The van der Waals surface area contributed by atoms with Gasteiger partial charge in [-0.25, -0.2) is 0 Å². The summed E-state index contributed by atoms with van der Waals surface area (Å²) < 4.78 is 7.14. The van der Waals surface area contributed by atoms with E-state index in [4.69, 9.17) is 4.74 Å². The van der Waals surface area contributed by atoms with E-state index in [0.717, 1.165) is 17.9 Å². The summed E-state index contributed by atoms with van der Waals surface area (Å²) in [6.45, 7) is 2.22. The number of methoxy groups -OCH3 is 1. The van der Waals surface area contributed by atoms with Crippen molar-refractivity contribution in [2.45, 2.75) is 32.6 Å². The molecule has 0 spiro atoms. The Kier molecular flexibility index (Phi) is 4.61. The fraction of sp³-hybridized carbons (Fsp3) is 0.438. The molecular formula is C16H22N2O. The largest absolute Gasteiger partial charge is 0.497 e. The molecule has 0 unspecified atom stereocenters. The summed E-state index contributed by atoms with van der Waals surface area (Å²) >= 11 is 0. The number of hydrogen-bond acceptors (Lipinski definition) is 2. The Hall–Kier alpha value is -1.77. The molecule has 0 amide bonds. The lowest BCUT2D eigenvalue weighted by atomic mass is 10.1. The monoisotopic (exact) mass is 258 g/mol. The van der Waals surface area contributed by atoms with Crippen molar-refractivity contribution >= 4 is 0 Å². The van der Waals surface area contributed by atoms with Crippen LogP contribution in [0.3, 0.4) is 0 Å². The zero-order valence-electron chi connectivity index (χ0n) is 12.0. The predicted octanol–water partition coefficient (Wildman–Crippen LogP) is 3.83. The molecule has 0 bridgehead atoms. The van der Waals surface area contributed by atoms with Gasteiger partial charge in [0.2, 0.25) is 0 Å². The summed E-state index contributed by atoms with van der Waals surface area (Å²) in [6, 6.07) is 10.3. The number of hydrogen-bond donors (Lipinski definition) is 0. The number of benzene rings is 1. The van der Waals surface area contributed by atoms with E-state index in [1.54, 1.807) is 7.11 Å². The van der Waals surface area contributed by atoms with Crippen LogP contribution in [-0.2, 0) is 13.5 Å². The number of aromatic nitrogens is 2. The van der Waals surface area contributed by atoms with E-state index >= 15 is 0 Å². The molecule has 3 nitrogen and oxygen atoms in total. The highest BCUT2D eigenvalue weighted by molar-refractivity contribution is 5.61. The number of unbranched alkanes of at least 4 members (excludes halogenated alkanes) is 2. The normalized spacial score (nSPS) is 10.7. The molecule has 0 radical (unpaired) electrons. The van der Waals surface area contributed by atoms with Crippen molar-refractivity contribution in [2.24, 2.45) is 7.05 Å². The van der Waals surface area contributed by atoms with E-state index in [-0.39, 0.29) is 0 Å². The van der Waals surface area contributed by atoms with Gasteiger partial charge in [0.15, 0.2) is 0 Å². The SMILES string of the molecule is CCCCCc1cc(-c2ccc(OC)cc2)n(C)n1. The van der Waals surface area contributed by atoms with Crippen LogP contribution in [0.25, 0.3) is 11.3 Å². The summed E-state index contributed by atoms with van der Waals surface area (Å²) in [4.78, 5) is 0. The van der Waals surface area contributed by atoms with Crippen LogP contribution in [0, 0.1) is 0 Å². The third-order valence-corrected chi connectivity index (χ3v) is 3.35. The van der Waals surface area contributed by atoms with Gasteiger partial charge >= 0.3 is 0 Å². The van der Waals surface area contributed by atoms with Gasteiger partial charge in [-0.05, 0) is 43.2 Å². The highest BCUT2D eigenvalue weighted by atomic mass is 16.5. The maximum atomic E-state index is 5.18. The van der Waals surface area contributed by atoms with E-state index in [9.17, 15) is 0 Å². The molecule has 2 rings (SSSR count). The number of ether oxygens (including phenoxy) is 1. The van der Waals surface area contributed by atoms with Crippen LogP contribution in [0.2, 0.25) is 0 Å². The lowest BCUT2D eigenvalue weighted by Gasteiger charge is -2.03. The second-order valence-electron chi connectivity index (χ2n) is 4.83. The molecule has 1 aromatic carbocycles. The molecule has 2 aromatic rings. The van der Waals surface area contributed by atoms with Gasteiger partial charge in [0.05, 0.1) is 18.5 Å². The Morgan fingerprint density at radius 1 is 1.16 bits per heavy atom. The minimum absolute atomic E-state index is 0.883. The van der Waals surface area contributed by atoms with Crippen LogP contribution in [0.1, 0.15) is 31.9 Å². The number of rotatable bonds is 6. The highest BCUT2D eigenvalue weighted by Crippen LogP contribution is 2.23. The Balaban J connectivity index is 2.14. The minimum Gasteiger partial charge on any atom is -0.497 e. The highest BCUT2D eigenvalue weighted by Gasteiger charge is 2.07. The van der Waals surface area contributed by atoms with Crippen molar-refractivity contribution < 1.29 is 4.74 Å². The van der Waals surface area contributed by atoms with Crippen LogP contribution >= 0.6 is 0 Å². The summed E-state index contributed by atoms with van der Waals surface area (Å²) in [7, 11) is 3.69. The molecule has 0 aliphatic carbocycles. The van der Waals surface area contributed by atoms with Crippen molar-refractivity contribution in [1.82, 2.24) is 9.78 Å². The first kappa shape index (κ1) is 13.7. The van der Waals surface area contributed by atoms with Crippen molar-refractivity contribution in [3.63, 3.8) is 0 Å². The average Bonchev–Trinajstić information content (AvgIpc) is 2.80. The molecule has 3 heteroatoms. The number of aryl methyl sites for hydroxylation is 2. The smallest absolute Gasteiger partial charge is 0.118 e. The molecule has 1 heterocycles. The zero-order chi connectivity index (χ0) is 13.7. The standard InChI is InChI=1S/C16H22N2O/c1-4-5-6-7-14-12-16(18(2)17-14)13-8-10-15(19-3)11-9-13/h8-12H,4-7H2,1-3H3. The fourth-order valence-corrected chi connectivity index (χ4v) is 2.24. The Labute approximate surface area is 115 Å². The maximum absolute atomic E-state index is 5.18. The topological polar surface area (TPSA) is 27.1 Å². The first-order chi connectivity index (χ1) is 9.24.